The maximum Gasteiger partial charge on any atom is 0.306 e. The molecule has 0 bridgehead atoms. The molecule has 6 nitrogen and oxygen atoms in total. The maximum atomic E-state index is 12.9. The van der Waals surface area contributed by atoms with Crippen molar-refractivity contribution >= 4 is 17.9 Å². The summed E-state index contributed by atoms with van der Waals surface area (Å²) in [5.74, 6) is -0.867. The van der Waals surface area contributed by atoms with E-state index in [1.807, 2.05) is 0 Å². The summed E-state index contributed by atoms with van der Waals surface area (Å²) in [5.41, 5.74) is 0. The van der Waals surface area contributed by atoms with Crippen molar-refractivity contribution in [3.05, 3.63) is 97.2 Å². The van der Waals surface area contributed by atoms with E-state index in [0.717, 1.165) is 103 Å². The van der Waals surface area contributed by atoms with E-state index < -0.39 is 6.10 Å². The zero-order valence-corrected chi connectivity index (χ0v) is 52.8. The lowest BCUT2D eigenvalue weighted by Crippen LogP contribution is -2.30. The van der Waals surface area contributed by atoms with E-state index in [-0.39, 0.29) is 31.1 Å². The lowest BCUT2D eigenvalue weighted by Gasteiger charge is -2.18. The molecule has 0 aromatic rings. The van der Waals surface area contributed by atoms with Crippen LogP contribution in [0, 0.1) is 0 Å². The summed E-state index contributed by atoms with van der Waals surface area (Å²) in [5, 5.41) is 0. The predicted octanol–water partition coefficient (Wildman–Crippen LogP) is 23.6. The van der Waals surface area contributed by atoms with Gasteiger partial charge in [-0.2, -0.15) is 0 Å². The summed E-state index contributed by atoms with van der Waals surface area (Å²) < 4.78 is 16.9. The molecule has 0 amide bonds. The van der Waals surface area contributed by atoms with Gasteiger partial charge in [0.05, 0.1) is 0 Å². The number of ether oxygens (including phenoxy) is 3. The van der Waals surface area contributed by atoms with Crippen LogP contribution in [0.2, 0.25) is 0 Å². The molecule has 0 heterocycles. The van der Waals surface area contributed by atoms with Crippen molar-refractivity contribution in [2.45, 2.75) is 341 Å². The number of rotatable bonds is 62. The zero-order chi connectivity index (χ0) is 57.8. The Morgan fingerprint density at radius 3 is 0.787 bits per heavy atom. The van der Waals surface area contributed by atoms with Gasteiger partial charge in [0.1, 0.15) is 13.2 Å². The molecule has 0 aromatic heterocycles. The first-order chi connectivity index (χ1) is 39.5. The second-order valence-electron chi connectivity index (χ2n) is 22.7. The average molecular weight is 1110 g/mol. The summed E-state index contributed by atoms with van der Waals surface area (Å²) >= 11 is 0. The predicted molar refractivity (Wildman–Crippen MR) is 348 cm³/mol. The normalized spacial score (nSPS) is 12.7. The molecule has 0 aromatic carbocycles. The Morgan fingerprint density at radius 2 is 0.487 bits per heavy atom. The van der Waals surface area contributed by atoms with Gasteiger partial charge < -0.3 is 14.2 Å². The van der Waals surface area contributed by atoms with E-state index in [1.165, 1.54) is 193 Å². The molecule has 0 saturated carbocycles. The first-order valence-electron chi connectivity index (χ1n) is 34.2. The van der Waals surface area contributed by atoms with Crippen molar-refractivity contribution in [1.29, 1.82) is 0 Å². The Kier molecular flexibility index (Phi) is 64.7. The molecule has 0 aliphatic carbocycles. The van der Waals surface area contributed by atoms with Crippen LogP contribution >= 0.6 is 0 Å². The van der Waals surface area contributed by atoms with Crippen LogP contribution in [0.15, 0.2) is 97.2 Å². The number of hydrogen-bond donors (Lipinski definition) is 0. The second-order valence-corrected chi connectivity index (χ2v) is 22.7. The molecule has 460 valence electrons. The quantitative estimate of drug-likeness (QED) is 0.0261. The van der Waals surface area contributed by atoms with Gasteiger partial charge in [0, 0.05) is 19.3 Å². The first-order valence-corrected chi connectivity index (χ1v) is 34.2. The van der Waals surface area contributed by atoms with Gasteiger partial charge in [-0.05, 0) is 103 Å². The molecular weight excluding hydrogens is 985 g/mol. The van der Waals surface area contributed by atoms with Crippen LogP contribution in [-0.2, 0) is 28.6 Å². The molecule has 0 radical (unpaired) electrons. The van der Waals surface area contributed by atoms with Gasteiger partial charge in [-0.25, -0.2) is 0 Å². The molecule has 0 saturated heterocycles. The van der Waals surface area contributed by atoms with Gasteiger partial charge in [-0.3, -0.25) is 14.4 Å². The van der Waals surface area contributed by atoms with Crippen molar-refractivity contribution in [2.24, 2.45) is 0 Å². The third-order valence-corrected chi connectivity index (χ3v) is 14.8. The summed E-state index contributed by atoms with van der Waals surface area (Å²) in [4.78, 5) is 38.3. The smallest absolute Gasteiger partial charge is 0.306 e. The number of hydrogen-bond acceptors (Lipinski definition) is 6. The van der Waals surface area contributed by atoms with Crippen molar-refractivity contribution < 1.29 is 28.6 Å². The number of esters is 3. The summed E-state index contributed by atoms with van der Waals surface area (Å²) in [6.45, 7) is 6.52. The van der Waals surface area contributed by atoms with Gasteiger partial charge >= 0.3 is 17.9 Å². The van der Waals surface area contributed by atoms with E-state index >= 15 is 0 Å². The third-order valence-electron chi connectivity index (χ3n) is 14.8. The molecule has 6 heteroatoms. The van der Waals surface area contributed by atoms with Gasteiger partial charge in [-0.15, -0.1) is 0 Å². The van der Waals surface area contributed by atoms with E-state index in [9.17, 15) is 14.4 Å². The van der Waals surface area contributed by atoms with Gasteiger partial charge in [-0.1, -0.05) is 311 Å². The fourth-order valence-corrected chi connectivity index (χ4v) is 9.71. The van der Waals surface area contributed by atoms with Crippen molar-refractivity contribution in [2.75, 3.05) is 13.2 Å². The number of allylic oxidation sites excluding steroid dienone is 16. The minimum atomic E-state index is -0.777. The molecule has 0 fully saturated rings. The fourth-order valence-electron chi connectivity index (χ4n) is 9.71. The SMILES string of the molecule is CC/C=C\C/C=C\C/C=C\C/C=C\C/C=C\C/C=C\CCCCCCCCCCCCCCCCC(=O)OCC(COC(=O)CCCCCCCCCCCC)OC(=O)CCCCCCCCCCC/C=C\C/C=C\CCCCC. The molecule has 80 heavy (non-hydrogen) atoms. The summed E-state index contributed by atoms with van der Waals surface area (Å²) in [7, 11) is 0. The van der Waals surface area contributed by atoms with Gasteiger partial charge in [0.2, 0.25) is 0 Å². The monoisotopic (exact) mass is 1110 g/mol. The second kappa shape index (κ2) is 67.8. The van der Waals surface area contributed by atoms with Crippen molar-refractivity contribution in [1.82, 2.24) is 0 Å². The lowest BCUT2D eigenvalue weighted by molar-refractivity contribution is -0.167. The van der Waals surface area contributed by atoms with Crippen molar-refractivity contribution in [3.63, 3.8) is 0 Å². The van der Waals surface area contributed by atoms with Crippen LogP contribution in [0.5, 0.6) is 0 Å². The van der Waals surface area contributed by atoms with Crippen molar-refractivity contribution in [3.8, 4) is 0 Å². The van der Waals surface area contributed by atoms with E-state index in [4.69, 9.17) is 14.2 Å². The highest BCUT2D eigenvalue weighted by Gasteiger charge is 2.19. The topological polar surface area (TPSA) is 78.9 Å². The Morgan fingerprint density at radius 1 is 0.263 bits per heavy atom. The third kappa shape index (κ3) is 65.1. The number of unbranched alkanes of at least 4 members (excludes halogenated alkanes) is 35. The standard InChI is InChI=1S/C74H128O6/c1-4-7-10-13-16-19-22-24-26-28-30-31-32-33-34-35-36-37-38-39-40-41-42-43-45-46-48-50-52-55-58-61-64-67-73(76)79-70-71(69-78-72(75)66-63-60-57-54-21-18-15-12-9-6-3)80-74(77)68-65-62-59-56-53-51-49-47-44-29-27-25-23-20-17-14-11-8-5-2/h7,10,16-17,19-20,24-27,30-31,33-34,36-37,71H,4-6,8-9,11-15,18,21-23,28-29,32,35,38-70H2,1-3H3/b10-7-,19-16-,20-17-,26-24-,27-25-,31-30-,34-33-,37-36-. The zero-order valence-electron chi connectivity index (χ0n) is 52.8. The average Bonchev–Trinajstić information content (AvgIpc) is 3.46. The Bertz CT molecular complexity index is 1560. The minimum Gasteiger partial charge on any atom is -0.462 e. The molecule has 0 spiro atoms. The van der Waals surface area contributed by atoms with Gasteiger partial charge in [0.25, 0.3) is 0 Å². The van der Waals surface area contributed by atoms with E-state index in [2.05, 4.69) is 118 Å². The number of carbonyl (C=O) groups is 3. The van der Waals surface area contributed by atoms with Gasteiger partial charge in [0.15, 0.2) is 6.10 Å². The molecule has 0 aliphatic heterocycles. The molecule has 0 rings (SSSR count). The van der Waals surface area contributed by atoms with E-state index in [1.54, 1.807) is 0 Å². The van der Waals surface area contributed by atoms with Crippen LogP contribution < -0.4 is 0 Å². The highest BCUT2D eigenvalue weighted by molar-refractivity contribution is 5.71. The van der Waals surface area contributed by atoms with Crippen LogP contribution in [0.1, 0.15) is 335 Å². The maximum absolute atomic E-state index is 12.9. The van der Waals surface area contributed by atoms with Crippen LogP contribution in [0.25, 0.3) is 0 Å². The fraction of sp³-hybridized carbons (Fsp3) is 0.743. The largest absolute Gasteiger partial charge is 0.462 e. The highest BCUT2D eigenvalue weighted by atomic mass is 16.6. The Hall–Kier alpha value is -3.67. The lowest BCUT2D eigenvalue weighted by atomic mass is 10.0. The van der Waals surface area contributed by atoms with Crippen LogP contribution in [0.4, 0.5) is 0 Å². The first kappa shape index (κ1) is 76.3. The summed E-state index contributed by atoms with van der Waals surface area (Å²) in [6.07, 6.45) is 91.5. The highest BCUT2D eigenvalue weighted by Crippen LogP contribution is 2.17. The molecule has 1 atom stereocenters. The summed E-state index contributed by atoms with van der Waals surface area (Å²) in [6, 6.07) is 0. The molecular formula is C74H128O6. The van der Waals surface area contributed by atoms with E-state index in [0.29, 0.717) is 19.3 Å². The van der Waals surface area contributed by atoms with Crippen LogP contribution in [0.3, 0.4) is 0 Å². The number of carbonyl (C=O) groups excluding carboxylic acids is 3. The van der Waals surface area contributed by atoms with Crippen LogP contribution in [-0.4, -0.2) is 37.2 Å². The minimum absolute atomic E-state index is 0.0746. The Balaban J connectivity index is 4.15. The molecule has 1 unspecified atom stereocenters. The molecule has 0 N–H and O–H groups in total. The Labute approximate surface area is 496 Å². The molecule has 0 aliphatic rings.